The number of rotatable bonds is 2. The quantitative estimate of drug-likeness (QED) is 0.538. The summed E-state index contributed by atoms with van der Waals surface area (Å²) in [5, 5.41) is 9.90. The van der Waals surface area contributed by atoms with Crippen LogP contribution in [0.1, 0.15) is 15.2 Å². The fourth-order valence-electron chi connectivity index (χ4n) is 1.51. The molecule has 5 heteroatoms. The van der Waals surface area contributed by atoms with Crippen molar-refractivity contribution in [1.82, 2.24) is 0 Å². The van der Waals surface area contributed by atoms with Crippen LogP contribution in [0.4, 0.5) is 5.69 Å². The number of carboxylic acid groups (broad SMARTS) is 1. The molecule has 0 unspecified atom stereocenters. The van der Waals surface area contributed by atoms with Crippen LogP contribution in [0.2, 0.25) is 0 Å². The van der Waals surface area contributed by atoms with Gasteiger partial charge in [-0.2, -0.15) is 0 Å². The lowest BCUT2D eigenvalue weighted by molar-refractivity contribution is 0.0701. The topological polar surface area (TPSA) is 75.3 Å². The predicted molar refractivity (Wildman–Crippen MR) is 61.3 cm³/mol. The maximum atomic E-state index is 10.9. The summed E-state index contributed by atoms with van der Waals surface area (Å²) >= 11 is 1.28. The zero-order valence-electron chi connectivity index (χ0n) is 8.07. The average molecular weight is 222 g/mol. The fourth-order valence-corrected chi connectivity index (χ4v) is 2.54. The van der Waals surface area contributed by atoms with Crippen molar-refractivity contribution >= 4 is 33.1 Å². The van der Waals surface area contributed by atoms with Crippen molar-refractivity contribution in [2.75, 3.05) is 5.43 Å². The Morgan fingerprint density at radius 1 is 1.53 bits per heavy atom. The summed E-state index contributed by atoms with van der Waals surface area (Å²) in [6.45, 7) is 1.81. The van der Waals surface area contributed by atoms with E-state index in [4.69, 9.17) is 10.9 Å². The third kappa shape index (κ3) is 1.55. The van der Waals surface area contributed by atoms with Crippen molar-refractivity contribution in [2.45, 2.75) is 6.92 Å². The zero-order chi connectivity index (χ0) is 11.0. The lowest BCUT2D eigenvalue weighted by atomic mass is 10.1. The number of hydrogen-bond acceptors (Lipinski definition) is 4. The van der Waals surface area contributed by atoms with Gasteiger partial charge in [-0.25, -0.2) is 4.79 Å². The van der Waals surface area contributed by atoms with E-state index in [-0.39, 0.29) is 0 Å². The molecule has 1 aromatic carbocycles. The summed E-state index contributed by atoms with van der Waals surface area (Å²) in [7, 11) is 0. The molecule has 0 aliphatic heterocycles. The van der Waals surface area contributed by atoms with E-state index in [1.54, 1.807) is 0 Å². The van der Waals surface area contributed by atoms with Crippen LogP contribution in [-0.2, 0) is 0 Å². The number of nitrogens with two attached hydrogens (primary N) is 1. The molecule has 0 saturated heterocycles. The van der Waals surface area contributed by atoms with Gasteiger partial charge in [-0.05, 0) is 36.1 Å². The van der Waals surface area contributed by atoms with Gasteiger partial charge in [0, 0.05) is 10.4 Å². The van der Waals surface area contributed by atoms with Crippen LogP contribution in [0.3, 0.4) is 0 Å². The molecule has 4 N–H and O–H groups in total. The molecule has 1 aromatic heterocycles. The molecule has 0 spiro atoms. The number of fused-ring (bicyclic) bond motifs is 1. The van der Waals surface area contributed by atoms with E-state index >= 15 is 0 Å². The normalized spacial score (nSPS) is 10.5. The Morgan fingerprint density at radius 2 is 2.27 bits per heavy atom. The maximum absolute atomic E-state index is 10.9. The van der Waals surface area contributed by atoms with Crippen LogP contribution in [0.5, 0.6) is 0 Å². The van der Waals surface area contributed by atoms with Gasteiger partial charge in [-0.3, -0.25) is 5.84 Å². The number of carbonyl (C=O) groups is 1. The highest BCUT2D eigenvalue weighted by atomic mass is 32.1. The van der Waals surface area contributed by atoms with Gasteiger partial charge in [0.05, 0.1) is 0 Å². The smallest absolute Gasteiger partial charge is 0.346 e. The molecular weight excluding hydrogens is 212 g/mol. The number of hydrazine groups is 1. The third-order valence-corrected chi connectivity index (χ3v) is 3.56. The zero-order valence-corrected chi connectivity index (χ0v) is 8.89. The van der Waals surface area contributed by atoms with Crippen LogP contribution in [0, 0.1) is 6.92 Å². The number of thiophene rings is 1. The van der Waals surface area contributed by atoms with E-state index in [9.17, 15) is 4.79 Å². The molecule has 1 heterocycles. The molecule has 4 nitrogen and oxygen atoms in total. The van der Waals surface area contributed by atoms with Crippen LogP contribution >= 0.6 is 11.3 Å². The molecule has 15 heavy (non-hydrogen) atoms. The number of benzene rings is 1. The van der Waals surface area contributed by atoms with E-state index in [2.05, 4.69) is 5.43 Å². The highest BCUT2D eigenvalue weighted by molar-refractivity contribution is 7.21. The summed E-state index contributed by atoms with van der Waals surface area (Å²) in [6.07, 6.45) is 0. The highest BCUT2D eigenvalue weighted by Gasteiger charge is 2.14. The summed E-state index contributed by atoms with van der Waals surface area (Å²) < 4.78 is 0.962. The highest BCUT2D eigenvalue weighted by Crippen LogP contribution is 2.32. The lowest BCUT2D eigenvalue weighted by Crippen LogP contribution is -2.05. The Morgan fingerprint density at radius 3 is 2.87 bits per heavy atom. The van der Waals surface area contributed by atoms with Crippen LogP contribution < -0.4 is 11.3 Å². The first kappa shape index (κ1) is 9.95. The molecule has 78 valence electrons. The number of nitrogens with one attached hydrogen (secondary N) is 1. The Balaban J connectivity index is 2.72. The van der Waals surface area contributed by atoms with Crippen molar-refractivity contribution in [1.29, 1.82) is 0 Å². The van der Waals surface area contributed by atoms with Crippen molar-refractivity contribution < 1.29 is 9.90 Å². The molecule has 0 atom stereocenters. The molecule has 0 saturated carbocycles. The van der Waals surface area contributed by atoms with Crippen molar-refractivity contribution in [3.8, 4) is 0 Å². The van der Waals surface area contributed by atoms with Gasteiger partial charge in [0.25, 0.3) is 0 Å². The SMILES string of the molecule is Cc1c(C(=O)O)sc2ccc(NN)cc12. The number of anilines is 1. The van der Waals surface area contributed by atoms with E-state index in [1.165, 1.54) is 11.3 Å². The van der Waals surface area contributed by atoms with Gasteiger partial charge in [0.2, 0.25) is 0 Å². The van der Waals surface area contributed by atoms with Gasteiger partial charge in [0.1, 0.15) is 4.88 Å². The fraction of sp³-hybridized carbons (Fsp3) is 0.100. The summed E-state index contributed by atoms with van der Waals surface area (Å²) in [5.74, 6) is 4.42. The standard InChI is InChI=1S/C10H10N2O2S/c1-5-7-4-6(12-11)2-3-8(7)15-9(5)10(13)14/h2-4,12H,11H2,1H3,(H,13,14). The van der Waals surface area contributed by atoms with Crippen molar-refractivity contribution in [3.63, 3.8) is 0 Å². The van der Waals surface area contributed by atoms with Crippen LogP contribution in [0.25, 0.3) is 10.1 Å². The van der Waals surface area contributed by atoms with E-state index < -0.39 is 5.97 Å². The van der Waals surface area contributed by atoms with E-state index in [0.29, 0.717) is 4.88 Å². The van der Waals surface area contributed by atoms with Crippen molar-refractivity contribution in [3.05, 3.63) is 28.6 Å². The first-order valence-corrected chi connectivity index (χ1v) is 5.18. The minimum Gasteiger partial charge on any atom is -0.477 e. The number of nitrogen functional groups attached to an aromatic ring is 1. The van der Waals surface area contributed by atoms with E-state index in [0.717, 1.165) is 21.3 Å². The maximum Gasteiger partial charge on any atom is 0.346 e. The van der Waals surface area contributed by atoms with Gasteiger partial charge in [-0.1, -0.05) is 0 Å². The lowest BCUT2D eigenvalue weighted by Gasteiger charge is -1.99. The molecule has 0 bridgehead atoms. The second-order valence-electron chi connectivity index (χ2n) is 3.22. The monoisotopic (exact) mass is 222 g/mol. The Kier molecular flexibility index (Phi) is 2.34. The minimum absolute atomic E-state index is 0.388. The Hall–Kier alpha value is -1.59. The third-order valence-electron chi connectivity index (χ3n) is 2.30. The predicted octanol–water partition coefficient (Wildman–Crippen LogP) is 2.19. The Bertz CT molecular complexity index is 533. The van der Waals surface area contributed by atoms with Crippen molar-refractivity contribution in [2.24, 2.45) is 5.84 Å². The number of aryl methyl sites for hydroxylation is 1. The molecular formula is C10H10N2O2S. The first-order chi connectivity index (χ1) is 7.13. The van der Waals surface area contributed by atoms with Crippen LogP contribution in [-0.4, -0.2) is 11.1 Å². The summed E-state index contributed by atoms with van der Waals surface area (Å²) in [4.78, 5) is 11.3. The molecule has 2 aromatic rings. The molecule has 0 fully saturated rings. The number of aromatic carboxylic acids is 1. The minimum atomic E-state index is -0.879. The summed E-state index contributed by atoms with van der Waals surface area (Å²) in [6, 6.07) is 5.55. The summed E-state index contributed by atoms with van der Waals surface area (Å²) in [5.41, 5.74) is 4.11. The Labute approximate surface area is 90.3 Å². The largest absolute Gasteiger partial charge is 0.477 e. The van der Waals surface area contributed by atoms with Gasteiger partial charge >= 0.3 is 5.97 Å². The van der Waals surface area contributed by atoms with Gasteiger partial charge in [-0.15, -0.1) is 11.3 Å². The molecule has 0 aliphatic rings. The second kappa shape index (κ2) is 3.52. The second-order valence-corrected chi connectivity index (χ2v) is 4.27. The first-order valence-electron chi connectivity index (χ1n) is 4.36. The molecule has 0 aliphatic carbocycles. The van der Waals surface area contributed by atoms with Gasteiger partial charge < -0.3 is 10.5 Å². The number of hydrogen-bond donors (Lipinski definition) is 3. The molecule has 0 amide bonds. The van der Waals surface area contributed by atoms with Gasteiger partial charge in [0.15, 0.2) is 0 Å². The van der Waals surface area contributed by atoms with E-state index in [1.807, 2.05) is 25.1 Å². The molecule has 2 rings (SSSR count). The number of carboxylic acids is 1. The van der Waals surface area contributed by atoms with Crippen LogP contribution in [0.15, 0.2) is 18.2 Å². The molecule has 0 radical (unpaired) electrons. The average Bonchev–Trinajstić information content (AvgIpc) is 2.56.